The summed E-state index contributed by atoms with van der Waals surface area (Å²) in [5, 5.41) is 14.9. The molecule has 3 aromatic rings. The predicted octanol–water partition coefficient (Wildman–Crippen LogP) is 2.78. The van der Waals surface area contributed by atoms with E-state index in [0.717, 1.165) is 4.80 Å². The molecule has 0 saturated heterocycles. The number of aromatic nitrogens is 4. The second kappa shape index (κ2) is 7.27. The number of nitrogens with one attached hydrogen (secondary N) is 1. The van der Waals surface area contributed by atoms with Crippen molar-refractivity contribution in [2.24, 2.45) is 0 Å². The Labute approximate surface area is 147 Å². The summed E-state index contributed by atoms with van der Waals surface area (Å²) < 4.78 is 18.1. The van der Waals surface area contributed by atoms with Crippen LogP contribution in [0.1, 0.15) is 0 Å². The minimum absolute atomic E-state index is 0.149. The molecule has 1 heterocycles. The van der Waals surface area contributed by atoms with Crippen LogP contribution in [0.2, 0.25) is 5.02 Å². The number of methoxy groups -OCH3 is 1. The lowest BCUT2D eigenvalue weighted by Crippen LogP contribution is -2.20. The van der Waals surface area contributed by atoms with Crippen molar-refractivity contribution in [2.75, 3.05) is 12.4 Å². The fraction of sp³-hybridized carbons (Fsp3) is 0.125. The van der Waals surface area contributed by atoms with Crippen molar-refractivity contribution in [1.82, 2.24) is 20.2 Å². The molecule has 0 saturated carbocycles. The summed E-state index contributed by atoms with van der Waals surface area (Å²) in [6.45, 7) is -0.149. The van der Waals surface area contributed by atoms with Gasteiger partial charge in [-0.05, 0) is 47.7 Å². The van der Waals surface area contributed by atoms with Crippen LogP contribution in [0.15, 0.2) is 42.5 Å². The lowest BCUT2D eigenvalue weighted by atomic mass is 10.2. The summed E-state index contributed by atoms with van der Waals surface area (Å²) in [6.07, 6.45) is 0. The number of hydrogen-bond acceptors (Lipinski definition) is 5. The van der Waals surface area contributed by atoms with Crippen molar-refractivity contribution in [2.45, 2.75) is 6.54 Å². The number of ether oxygens (including phenoxy) is 1. The third kappa shape index (κ3) is 4.10. The van der Waals surface area contributed by atoms with Crippen molar-refractivity contribution >= 4 is 23.2 Å². The van der Waals surface area contributed by atoms with E-state index in [9.17, 15) is 9.18 Å². The highest BCUT2D eigenvalue weighted by Gasteiger charge is 2.12. The molecule has 0 aliphatic carbocycles. The zero-order valence-electron chi connectivity index (χ0n) is 13.1. The molecule has 1 aromatic heterocycles. The van der Waals surface area contributed by atoms with Crippen molar-refractivity contribution in [3.63, 3.8) is 0 Å². The van der Waals surface area contributed by atoms with Gasteiger partial charge >= 0.3 is 0 Å². The van der Waals surface area contributed by atoms with Crippen molar-refractivity contribution in [3.05, 3.63) is 53.3 Å². The van der Waals surface area contributed by atoms with E-state index in [1.807, 2.05) is 0 Å². The Morgan fingerprint density at radius 1 is 1.28 bits per heavy atom. The van der Waals surface area contributed by atoms with Gasteiger partial charge in [-0.15, -0.1) is 10.2 Å². The first kappa shape index (κ1) is 16.8. The summed E-state index contributed by atoms with van der Waals surface area (Å²) in [5.74, 6) is 0.0547. The molecule has 0 aliphatic heterocycles. The van der Waals surface area contributed by atoms with E-state index >= 15 is 0 Å². The molecule has 3 rings (SSSR count). The van der Waals surface area contributed by atoms with Gasteiger partial charge in [0.15, 0.2) is 0 Å². The molecular weight excluding hydrogens is 349 g/mol. The monoisotopic (exact) mass is 361 g/mol. The van der Waals surface area contributed by atoms with Crippen molar-refractivity contribution in [3.8, 4) is 17.1 Å². The molecule has 2 aromatic carbocycles. The molecule has 7 nitrogen and oxygen atoms in total. The Hall–Kier alpha value is -3.00. The number of tetrazole rings is 1. The van der Waals surface area contributed by atoms with E-state index in [4.69, 9.17) is 16.3 Å². The van der Waals surface area contributed by atoms with Gasteiger partial charge in [0.1, 0.15) is 18.1 Å². The van der Waals surface area contributed by atoms with Gasteiger partial charge in [-0.2, -0.15) is 4.80 Å². The van der Waals surface area contributed by atoms with Crippen molar-refractivity contribution < 1.29 is 13.9 Å². The molecule has 0 unspecified atom stereocenters. The maximum Gasteiger partial charge on any atom is 0.248 e. The number of nitrogens with zero attached hydrogens (tertiary/aromatic N) is 4. The summed E-state index contributed by atoms with van der Waals surface area (Å²) in [7, 11) is 1.49. The number of rotatable bonds is 5. The number of anilines is 1. The van der Waals surface area contributed by atoms with Gasteiger partial charge in [-0.1, -0.05) is 11.6 Å². The second-order valence-electron chi connectivity index (χ2n) is 5.04. The van der Waals surface area contributed by atoms with Crippen LogP contribution in [-0.4, -0.2) is 33.2 Å². The van der Waals surface area contributed by atoms with Crippen LogP contribution in [-0.2, 0) is 11.3 Å². The Bertz CT molecular complexity index is 898. The Balaban J connectivity index is 1.70. The molecular formula is C16H13ClFN5O2. The highest BCUT2D eigenvalue weighted by molar-refractivity contribution is 6.31. The van der Waals surface area contributed by atoms with Gasteiger partial charge in [0.2, 0.25) is 11.7 Å². The molecule has 128 valence electrons. The van der Waals surface area contributed by atoms with E-state index in [0.29, 0.717) is 27.8 Å². The Morgan fingerprint density at radius 2 is 2.04 bits per heavy atom. The number of halogens is 2. The lowest BCUT2D eigenvalue weighted by molar-refractivity contribution is -0.117. The molecule has 9 heteroatoms. The number of amides is 1. The number of carbonyl (C=O) groups excluding carboxylic acids is 1. The predicted molar refractivity (Wildman–Crippen MR) is 89.8 cm³/mol. The zero-order chi connectivity index (χ0) is 17.8. The van der Waals surface area contributed by atoms with Gasteiger partial charge in [0.05, 0.1) is 12.8 Å². The fourth-order valence-electron chi connectivity index (χ4n) is 2.12. The number of benzene rings is 2. The smallest absolute Gasteiger partial charge is 0.248 e. The molecule has 0 atom stereocenters. The van der Waals surface area contributed by atoms with Crippen LogP contribution in [0.4, 0.5) is 10.1 Å². The van der Waals surface area contributed by atoms with Gasteiger partial charge in [0.25, 0.3) is 0 Å². The quantitative estimate of drug-likeness (QED) is 0.755. The SMILES string of the molecule is COc1ccc(Cl)cc1NC(=O)Cn1nnc(-c2ccc(F)cc2)n1. The highest BCUT2D eigenvalue weighted by Crippen LogP contribution is 2.27. The van der Waals surface area contributed by atoms with Gasteiger partial charge < -0.3 is 10.1 Å². The largest absolute Gasteiger partial charge is 0.495 e. The van der Waals surface area contributed by atoms with Crippen LogP contribution in [0.5, 0.6) is 5.75 Å². The molecule has 1 N–H and O–H groups in total. The maximum atomic E-state index is 12.9. The summed E-state index contributed by atoms with van der Waals surface area (Å²) in [4.78, 5) is 13.3. The van der Waals surface area contributed by atoms with Gasteiger partial charge in [0, 0.05) is 10.6 Å². The van der Waals surface area contributed by atoms with E-state index in [1.165, 1.54) is 31.4 Å². The van der Waals surface area contributed by atoms with Gasteiger partial charge in [-0.3, -0.25) is 4.79 Å². The molecule has 0 spiro atoms. The van der Waals surface area contributed by atoms with Crippen LogP contribution >= 0.6 is 11.6 Å². The fourth-order valence-corrected chi connectivity index (χ4v) is 2.29. The van der Waals surface area contributed by atoms with Crippen LogP contribution < -0.4 is 10.1 Å². The normalized spacial score (nSPS) is 10.5. The first-order chi connectivity index (χ1) is 12.0. The van der Waals surface area contributed by atoms with Crippen molar-refractivity contribution in [1.29, 1.82) is 0 Å². The van der Waals surface area contributed by atoms with E-state index in [-0.39, 0.29) is 18.3 Å². The maximum absolute atomic E-state index is 12.9. The minimum atomic E-state index is -0.372. The van der Waals surface area contributed by atoms with Gasteiger partial charge in [-0.25, -0.2) is 4.39 Å². The average molecular weight is 362 g/mol. The second-order valence-corrected chi connectivity index (χ2v) is 5.48. The van der Waals surface area contributed by atoms with Crippen LogP contribution in [0, 0.1) is 5.82 Å². The van der Waals surface area contributed by atoms with E-state index < -0.39 is 0 Å². The van der Waals surface area contributed by atoms with E-state index in [2.05, 4.69) is 20.7 Å². The topological polar surface area (TPSA) is 81.9 Å². The number of hydrogen-bond donors (Lipinski definition) is 1. The molecule has 0 bridgehead atoms. The third-order valence-corrected chi connectivity index (χ3v) is 3.51. The Kier molecular flexibility index (Phi) is 4.90. The molecule has 1 amide bonds. The summed E-state index contributed by atoms with van der Waals surface area (Å²) in [5.41, 5.74) is 1.04. The molecule has 0 fully saturated rings. The summed E-state index contributed by atoms with van der Waals surface area (Å²) >= 11 is 5.93. The average Bonchev–Trinajstić information content (AvgIpc) is 3.04. The number of carbonyl (C=O) groups is 1. The molecule has 0 aliphatic rings. The first-order valence-electron chi connectivity index (χ1n) is 7.22. The first-order valence-corrected chi connectivity index (χ1v) is 7.60. The van der Waals surface area contributed by atoms with E-state index in [1.54, 1.807) is 18.2 Å². The third-order valence-electron chi connectivity index (χ3n) is 3.28. The lowest BCUT2D eigenvalue weighted by Gasteiger charge is -2.10. The van der Waals surface area contributed by atoms with Crippen LogP contribution in [0.3, 0.4) is 0 Å². The minimum Gasteiger partial charge on any atom is -0.495 e. The standard InChI is InChI=1S/C16H13ClFN5O2/c1-25-14-7-4-11(17)8-13(14)19-15(24)9-23-21-16(20-22-23)10-2-5-12(18)6-3-10/h2-8H,9H2,1H3,(H,19,24). The Morgan fingerprint density at radius 3 is 2.76 bits per heavy atom. The summed E-state index contributed by atoms with van der Waals surface area (Å²) in [6, 6.07) is 10.6. The molecule has 0 radical (unpaired) electrons. The van der Waals surface area contributed by atoms with Crippen LogP contribution in [0.25, 0.3) is 11.4 Å². The highest BCUT2D eigenvalue weighted by atomic mass is 35.5. The molecule has 25 heavy (non-hydrogen) atoms. The zero-order valence-corrected chi connectivity index (χ0v) is 13.9.